The van der Waals surface area contributed by atoms with Crippen molar-refractivity contribution in [2.75, 3.05) is 0 Å². The van der Waals surface area contributed by atoms with Gasteiger partial charge >= 0.3 is 0 Å². The minimum absolute atomic E-state index is 0.115. The number of rotatable bonds is 3. The Morgan fingerprint density at radius 1 is 1.10 bits per heavy atom. The van der Waals surface area contributed by atoms with Gasteiger partial charge in [-0.3, -0.25) is 5.41 Å². The summed E-state index contributed by atoms with van der Waals surface area (Å²) in [5.74, 6) is -0.504. The third-order valence-electron chi connectivity index (χ3n) is 3.18. The van der Waals surface area contributed by atoms with Crippen LogP contribution >= 0.6 is 11.8 Å². The van der Waals surface area contributed by atoms with E-state index in [1.165, 1.54) is 29.5 Å². The van der Waals surface area contributed by atoms with E-state index in [9.17, 15) is 4.39 Å². The van der Waals surface area contributed by atoms with Crippen LogP contribution in [0.2, 0.25) is 0 Å². The fourth-order valence-corrected chi connectivity index (χ4v) is 2.89. The van der Waals surface area contributed by atoms with Crippen molar-refractivity contribution in [2.45, 2.75) is 36.0 Å². The molecule has 0 saturated carbocycles. The van der Waals surface area contributed by atoms with Crippen LogP contribution in [0.4, 0.5) is 4.39 Å². The molecule has 0 aliphatic heterocycles. The molecule has 0 bridgehead atoms. The molecule has 0 saturated heterocycles. The quantitative estimate of drug-likeness (QED) is 0.645. The van der Waals surface area contributed by atoms with Crippen molar-refractivity contribution in [2.24, 2.45) is 5.73 Å². The van der Waals surface area contributed by atoms with Crippen LogP contribution < -0.4 is 5.73 Å². The van der Waals surface area contributed by atoms with E-state index in [0.717, 1.165) is 9.79 Å². The summed E-state index contributed by atoms with van der Waals surface area (Å²) in [7, 11) is 0. The second kappa shape index (κ2) is 5.90. The van der Waals surface area contributed by atoms with Gasteiger partial charge in [0.2, 0.25) is 0 Å². The lowest BCUT2D eigenvalue weighted by molar-refractivity contribution is 0.590. The van der Waals surface area contributed by atoms with E-state index in [0.29, 0.717) is 5.56 Å². The van der Waals surface area contributed by atoms with Crippen LogP contribution in [-0.4, -0.2) is 5.84 Å². The zero-order valence-corrected chi connectivity index (χ0v) is 13.2. The molecule has 0 atom stereocenters. The molecule has 0 amide bonds. The fraction of sp³-hybridized carbons (Fsp3) is 0.235. The fourth-order valence-electron chi connectivity index (χ4n) is 1.95. The first-order valence-corrected chi connectivity index (χ1v) is 7.51. The largest absolute Gasteiger partial charge is 0.384 e. The SMILES string of the molecule is CC(C)(C)c1ccc(Sc2ccc(F)cc2C(=N)N)cc1. The second-order valence-electron chi connectivity index (χ2n) is 5.93. The third-order valence-corrected chi connectivity index (χ3v) is 4.26. The maximum Gasteiger partial charge on any atom is 0.124 e. The molecule has 4 heteroatoms. The molecule has 0 spiro atoms. The van der Waals surface area contributed by atoms with Gasteiger partial charge in [0, 0.05) is 15.4 Å². The number of amidine groups is 1. The topological polar surface area (TPSA) is 49.9 Å². The first kappa shape index (κ1) is 15.6. The van der Waals surface area contributed by atoms with Gasteiger partial charge in [0.25, 0.3) is 0 Å². The van der Waals surface area contributed by atoms with E-state index >= 15 is 0 Å². The number of nitrogen functional groups attached to an aromatic ring is 1. The molecular formula is C17H19FN2S. The lowest BCUT2D eigenvalue weighted by Gasteiger charge is -2.19. The van der Waals surface area contributed by atoms with Crippen molar-refractivity contribution in [1.82, 2.24) is 0 Å². The summed E-state index contributed by atoms with van der Waals surface area (Å²) in [5.41, 5.74) is 7.33. The number of hydrogen-bond donors (Lipinski definition) is 2. The van der Waals surface area contributed by atoms with E-state index in [1.807, 2.05) is 12.1 Å². The van der Waals surface area contributed by atoms with E-state index in [1.54, 1.807) is 6.07 Å². The molecule has 0 unspecified atom stereocenters. The number of nitrogens with two attached hydrogens (primary N) is 1. The summed E-state index contributed by atoms with van der Waals surface area (Å²) in [6, 6.07) is 12.6. The molecular weight excluding hydrogens is 283 g/mol. The highest BCUT2D eigenvalue weighted by Gasteiger charge is 2.14. The first-order valence-electron chi connectivity index (χ1n) is 6.70. The average Bonchev–Trinajstić information content (AvgIpc) is 2.40. The number of benzene rings is 2. The van der Waals surface area contributed by atoms with Gasteiger partial charge in [0.15, 0.2) is 0 Å². The molecule has 0 aliphatic carbocycles. The van der Waals surface area contributed by atoms with Gasteiger partial charge in [-0.2, -0.15) is 0 Å². The molecule has 0 aromatic heterocycles. The second-order valence-corrected chi connectivity index (χ2v) is 7.05. The lowest BCUT2D eigenvalue weighted by atomic mass is 9.87. The van der Waals surface area contributed by atoms with E-state index in [4.69, 9.17) is 11.1 Å². The number of nitrogens with one attached hydrogen (secondary N) is 1. The monoisotopic (exact) mass is 302 g/mol. The molecule has 2 rings (SSSR count). The highest BCUT2D eigenvalue weighted by atomic mass is 32.2. The highest BCUT2D eigenvalue weighted by Crippen LogP contribution is 2.32. The number of halogens is 1. The van der Waals surface area contributed by atoms with Crippen LogP contribution in [0, 0.1) is 11.2 Å². The summed E-state index contributed by atoms with van der Waals surface area (Å²) in [4.78, 5) is 1.82. The van der Waals surface area contributed by atoms with E-state index in [2.05, 4.69) is 32.9 Å². The average molecular weight is 302 g/mol. The Balaban J connectivity index is 2.28. The van der Waals surface area contributed by atoms with Gasteiger partial charge in [0.05, 0.1) is 0 Å². The Morgan fingerprint density at radius 3 is 2.24 bits per heavy atom. The normalized spacial score (nSPS) is 11.4. The Labute approximate surface area is 129 Å². The minimum atomic E-state index is -0.382. The zero-order chi connectivity index (χ0) is 15.6. The molecule has 0 radical (unpaired) electrons. The molecule has 110 valence electrons. The summed E-state index contributed by atoms with van der Waals surface area (Å²) >= 11 is 1.48. The van der Waals surface area contributed by atoms with Crippen LogP contribution in [0.1, 0.15) is 31.9 Å². The summed E-state index contributed by atoms with van der Waals surface area (Å²) < 4.78 is 13.3. The maximum atomic E-state index is 13.3. The molecule has 2 aromatic rings. The van der Waals surface area contributed by atoms with Crippen molar-refractivity contribution in [3.05, 3.63) is 59.4 Å². The van der Waals surface area contributed by atoms with Gasteiger partial charge < -0.3 is 5.73 Å². The van der Waals surface area contributed by atoms with Gasteiger partial charge in [0.1, 0.15) is 11.7 Å². The van der Waals surface area contributed by atoms with Gasteiger partial charge in [-0.15, -0.1) is 0 Å². The van der Waals surface area contributed by atoms with Crippen molar-refractivity contribution in [3.63, 3.8) is 0 Å². The number of hydrogen-bond acceptors (Lipinski definition) is 2. The van der Waals surface area contributed by atoms with Crippen molar-refractivity contribution in [3.8, 4) is 0 Å². The van der Waals surface area contributed by atoms with Crippen molar-refractivity contribution >= 4 is 17.6 Å². The lowest BCUT2D eigenvalue weighted by Crippen LogP contribution is -2.12. The van der Waals surface area contributed by atoms with Crippen LogP contribution in [0.15, 0.2) is 52.3 Å². The minimum Gasteiger partial charge on any atom is -0.384 e. The zero-order valence-electron chi connectivity index (χ0n) is 12.4. The first-order chi connectivity index (χ1) is 9.77. The molecule has 0 heterocycles. The smallest absolute Gasteiger partial charge is 0.124 e. The predicted molar refractivity (Wildman–Crippen MR) is 86.7 cm³/mol. The van der Waals surface area contributed by atoms with Gasteiger partial charge in [-0.05, 0) is 41.3 Å². The van der Waals surface area contributed by atoms with E-state index in [-0.39, 0.29) is 17.1 Å². The maximum absolute atomic E-state index is 13.3. The predicted octanol–water partition coefficient (Wildman–Crippen LogP) is 4.56. The summed E-state index contributed by atoms with van der Waals surface area (Å²) in [6.07, 6.45) is 0. The molecule has 3 N–H and O–H groups in total. The van der Waals surface area contributed by atoms with Crippen LogP contribution in [-0.2, 0) is 5.41 Å². The van der Waals surface area contributed by atoms with Gasteiger partial charge in [-0.25, -0.2) is 4.39 Å². The molecule has 21 heavy (non-hydrogen) atoms. The van der Waals surface area contributed by atoms with Crippen LogP contribution in [0.25, 0.3) is 0 Å². The highest BCUT2D eigenvalue weighted by molar-refractivity contribution is 7.99. The van der Waals surface area contributed by atoms with Crippen molar-refractivity contribution < 1.29 is 4.39 Å². The van der Waals surface area contributed by atoms with Gasteiger partial charge in [-0.1, -0.05) is 44.7 Å². The van der Waals surface area contributed by atoms with E-state index < -0.39 is 0 Å². The molecule has 0 aliphatic rings. The van der Waals surface area contributed by atoms with Crippen molar-refractivity contribution in [1.29, 1.82) is 5.41 Å². The Morgan fingerprint density at radius 2 is 1.71 bits per heavy atom. The Kier molecular flexibility index (Phi) is 4.37. The molecule has 0 fully saturated rings. The Bertz CT molecular complexity index is 657. The summed E-state index contributed by atoms with van der Waals surface area (Å²) in [5, 5.41) is 7.55. The standard InChI is InChI=1S/C17H19FN2S/c1-17(2,3)11-4-7-13(8-5-11)21-15-9-6-12(18)10-14(15)16(19)20/h4-10H,1-3H3,(H3,19,20). The molecule has 2 aromatic carbocycles. The van der Waals surface area contributed by atoms with Crippen LogP contribution in [0.3, 0.4) is 0 Å². The molecule has 2 nitrogen and oxygen atoms in total. The third kappa shape index (κ3) is 3.85. The Hall–Kier alpha value is -1.81. The van der Waals surface area contributed by atoms with Crippen LogP contribution in [0.5, 0.6) is 0 Å². The summed E-state index contributed by atoms with van der Waals surface area (Å²) in [6.45, 7) is 6.51.